The summed E-state index contributed by atoms with van der Waals surface area (Å²) >= 11 is 0. The van der Waals surface area contributed by atoms with Crippen LogP contribution >= 0.6 is 0 Å². The van der Waals surface area contributed by atoms with Gasteiger partial charge >= 0.3 is 0 Å². The van der Waals surface area contributed by atoms with E-state index in [1.165, 1.54) is 12.8 Å². The van der Waals surface area contributed by atoms with Crippen LogP contribution in [0.4, 0.5) is 11.6 Å². The molecule has 2 heterocycles. The zero-order chi connectivity index (χ0) is 14.3. The van der Waals surface area contributed by atoms with Crippen LogP contribution in [0.1, 0.15) is 49.9 Å². The summed E-state index contributed by atoms with van der Waals surface area (Å²) in [5.41, 5.74) is 6.99. The van der Waals surface area contributed by atoms with Crippen molar-refractivity contribution in [1.29, 1.82) is 0 Å². The molecule has 0 spiro atoms. The zero-order valence-corrected chi connectivity index (χ0v) is 12.6. The monoisotopic (exact) mass is 276 g/mol. The van der Waals surface area contributed by atoms with Crippen LogP contribution in [0.5, 0.6) is 0 Å². The van der Waals surface area contributed by atoms with Crippen molar-refractivity contribution >= 4 is 11.6 Å². The summed E-state index contributed by atoms with van der Waals surface area (Å²) in [5, 5.41) is 0. The van der Waals surface area contributed by atoms with Crippen LogP contribution in [0.15, 0.2) is 0 Å². The van der Waals surface area contributed by atoms with Crippen molar-refractivity contribution < 1.29 is 4.74 Å². The molecule has 20 heavy (non-hydrogen) atoms. The van der Waals surface area contributed by atoms with Gasteiger partial charge in [-0.2, -0.15) is 0 Å². The van der Waals surface area contributed by atoms with E-state index in [4.69, 9.17) is 15.5 Å². The molecule has 1 saturated heterocycles. The maximum atomic E-state index is 6.08. The molecule has 1 saturated carbocycles. The summed E-state index contributed by atoms with van der Waals surface area (Å²) in [5.74, 6) is 3.08. The van der Waals surface area contributed by atoms with Crippen molar-refractivity contribution in [2.75, 3.05) is 30.8 Å². The Kier molecular flexibility index (Phi) is 3.32. The van der Waals surface area contributed by atoms with Crippen molar-refractivity contribution in [1.82, 2.24) is 9.97 Å². The lowest BCUT2D eigenvalue weighted by Gasteiger charge is -2.40. The maximum Gasteiger partial charge on any atom is 0.137 e. The van der Waals surface area contributed by atoms with E-state index in [-0.39, 0.29) is 5.60 Å². The number of ether oxygens (including phenoxy) is 1. The first-order valence-electron chi connectivity index (χ1n) is 7.46. The van der Waals surface area contributed by atoms with Gasteiger partial charge < -0.3 is 15.4 Å². The smallest absolute Gasteiger partial charge is 0.137 e. The van der Waals surface area contributed by atoms with Crippen LogP contribution in [0.25, 0.3) is 0 Å². The molecule has 0 aromatic carbocycles. The van der Waals surface area contributed by atoms with Gasteiger partial charge in [0.25, 0.3) is 0 Å². The van der Waals surface area contributed by atoms with E-state index in [1.54, 1.807) is 7.11 Å². The molecule has 0 amide bonds. The summed E-state index contributed by atoms with van der Waals surface area (Å²) in [6, 6.07) is 0. The van der Waals surface area contributed by atoms with Crippen molar-refractivity contribution in [2.24, 2.45) is 0 Å². The first-order chi connectivity index (χ1) is 9.52. The van der Waals surface area contributed by atoms with Crippen LogP contribution in [0, 0.1) is 6.92 Å². The second-order valence-corrected chi connectivity index (χ2v) is 6.37. The minimum absolute atomic E-state index is 0.0931. The van der Waals surface area contributed by atoms with Crippen LogP contribution < -0.4 is 10.6 Å². The van der Waals surface area contributed by atoms with E-state index < -0.39 is 0 Å². The third kappa shape index (κ3) is 2.46. The average molecular weight is 276 g/mol. The molecule has 2 aliphatic rings. The van der Waals surface area contributed by atoms with E-state index in [1.807, 2.05) is 6.92 Å². The normalized spacial score (nSPS) is 26.9. The van der Waals surface area contributed by atoms with Crippen molar-refractivity contribution in [2.45, 2.75) is 51.0 Å². The van der Waals surface area contributed by atoms with Gasteiger partial charge in [0.15, 0.2) is 0 Å². The molecule has 1 aromatic heterocycles. The lowest BCUT2D eigenvalue weighted by Crippen LogP contribution is -2.48. The van der Waals surface area contributed by atoms with Crippen LogP contribution in [0.3, 0.4) is 0 Å². The highest BCUT2D eigenvalue weighted by Crippen LogP contribution is 2.40. The number of nitrogens with zero attached hydrogens (tertiary/aromatic N) is 3. The van der Waals surface area contributed by atoms with E-state index in [9.17, 15) is 0 Å². The second-order valence-electron chi connectivity index (χ2n) is 6.37. The van der Waals surface area contributed by atoms with Gasteiger partial charge in [0, 0.05) is 31.7 Å². The van der Waals surface area contributed by atoms with Gasteiger partial charge in [-0.05, 0) is 39.5 Å². The molecule has 5 nitrogen and oxygen atoms in total. The van der Waals surface area contributed by atoms with E-state index in [0.717, 1.165) is 43.1 Å². The number of nitrogens with two attached hydrogens (primary N) is 1. The fourth-order valence-corrected chi connectivity index (χ4v) is 2.92. The Labute approximate surface area is 120 Å². The number of anilines is 2. The molecule has 1 unspecified atom stereocenters. The summed E-state index contributed by atoms with van der Waals surface area (Å²) in [6.45, 7) is 6.06. The van der Waals surface area contributed by atoms with Gasteiger partial charge in [-0.25, -0.2) is 9.97 Å². The van der Waals surface area contributed by atoms with E-state index in [0.29, 0.717) is 11.7 Å². The number of hydrogen-bond donors (Lipinski definition) is 1. The molecule has 0 bridgehead atoms. The van der Waals surface area contributed by atoms with Crippen molar-refractivity contribution in [3.05, 3.63) is 11.4 Å². The SMILES string of the molecule is COC1(C)CCCN(c2nc(C3CC3)nc(N)c2C)C1. The van der Waals surface area contributed by atoms with Gasteiger partial charge in [0.05, 0.1) is 5.60 Å². The summed E-state index contributed by atoms with van der Waals surface area (Å²) < 4.78 is 5.67. The van der Waals surface area contributed by atoms with E-state index in [2.05, 4.69) is 16.8 Å². The Bertz CT molecular complexity index is 515. The van der Waals surface area contributed by atoms with Gasteiger partial charge in [-0.15, -0.1) is 0 Å². The summed E-state index contributed by atoms with van der Waals surface area (Å²) in [6.07, 6.45) is 4.59. The number of hydrogen-bond acceptors (Lipinski definition) is 5. The fourth-order valence-electron chi connectivity index (χ4n) is 2.92. The Morgan fingerprint density at radius 1 is 1.35 bits per heavy atom. The zero-order valence-electron chi connectivity index (χ0n) is 12.6. The lowest BCUT2D eigenvalue weighted by atomic mass is 9.94. The van der Waals surface area contributed by atoms with Gasteiger partial charge in [0.2, 0.25) is 0 Å². The Morgan fingerprint density at radius 3 is 2.75 bits per heavy atom. The maximum absolute atomic E-state index is 6.08. The first-order valence-corrected chi connectivity index (χ1v) is 7.46. The predicted molar refractivity (Wildman–Crippen MR) is 80.0 cm³/mol. The number of methoxy groups -OCH3 is 1. The highest BCUT2D eigenvalue weighted by molar-refractivity contribution is 5.57. The molecule has 5 heteroatoms. The summed E-state index contributed by atoms with van der Waals surface area (Å²) in [4.78, 5) is 11.6. The van der Waals surface area contributed by atoms with Gasteiger partial charge in [0.1, 0.15) is 17.5 Å². The molecule has 2 N–H and O–H groups in total. The number of nitrogen functional groups attached to an aromatic ring is 1. The average Bonchev–Trinajstić information content (AvgIpc) is 3.26. The Hall–Kier alpha value is -1.36. The molecule has 110 valence electrons. The second kappa shape index (κ2) is 4.88. The fraction of sp³-hybridized carbons (Fsp3) is 0.733. The third-order valence-corrected chi connectivity index (χ3v) is 4.57. The number of rotatable bonds is 3. The highest BCUT2D eigenvalue weighted by Gasteiger charge is 2.34. The quantitative estimate of drug-likeness (QED) is 0.917. The van der Waals surface area contributed by atoms with Crippen LogP contribution in [-0.4, -0.2) is 35.8 Å². The molecular formula is C15H24N4O. The molecule has 1 aliphatic heterocycles. The van der Waals surface area contributed by atoms with E-state index >= 15 is 0 Å². The van der Waals surface area contributed by atoms with Crippen molar-refractivity contribution in [3.8, 4) is 0 Å². The molecule has 1 aromatic rings. The van der Waals surface area contributed by atoms with Gasteiger partial charge in [-0.1, -0.05) is 0 Å². The third-order valence-electron chi connectivity index (χ3n) is 4.57. The highest BCUT2D eigenvalue weighted by atomic mass is 16.5. The molecule has 3 rings (SSSR count). The molecule has 1 atom stereocenters. The molecule has 0 radical (unpaired) electrons. The Balaban J connectivity index is 1.92. The largest absolute Gasteiger partial charge is 0.383 e. The van der Waals surface area contributed by atoms with Crippen molar-refractivity contribution in [3.63, 3.8) is 0 Å². The minimum Gasteiger partial charge on any atom is -0.383 e. The summed E-state index contributed by atoms with van der Waals surface area (Å²) in [7, 11) is 1.79. The Morgan fingerprint density at radius 2 is 2.10 bits per heavy atom. The number of aromatic nitrogens is 2. The lowest BCUT2D eigenvalue weighted by molar-refractivity contribution is -0.00484. The topological polar surface area (TPSA) is 64.3 Å². The minimum atomic E-state index is -0.0931. The van der Waals surface area contributed by atoms with Gasteiger partial charge in [-0.3, -0.25) is 0 Å². The molecular weight excluding hydrogens is 252 g/mol. The first kappa shape index (κ1) is 13.6. The van der Waals surface area contributed by atoms with Crippen LogP contribution in [-0.2, 0) is 4.74 Å². The standard InChI is InChI=1S/C15H24N4O/c1-10-12(16)17-13(11-5-6-11)18-14(10)19-8-4-7-15(2,9-19)20-3/h11H,4-9H2,1-3H3,(H2,16,17,18). The number of piperidine rings is 1. The molecule has 1 aliphatic carbocycles. The predicted octanol–water partition coefficient (Wildman–Crippen LogP) is 2.25. The molecule has 2 fully saturated rings. The van der Waals surface area contributed by atoms with Crippen LogP contribution in [0.2, 0.25) is 0 Å².